The zero-order valence-electron chi connectivity index (χ0n) is 11.3. The molecule has 1 heterocycles. The van der Waals surface area contributed by atoms with Gasteiger partial charge in [0, 0.05) is 25.8 Å². The van der Waals surface area contributed by atoms with Crippen molar-refractivity contribution in [1.29, 1.82) is 0 Å². The van der Waals surface area contributed by atoms with Gasteiger partial charge >= 0.3 is 0 Å². The van der Waals surface area contributed by atoms with Gasteiger partial charge < -0.3 is 10.2 Å². The number of amides is 1. The third-order valence-electron chi connectivity index (χ3n) is 2.71. The summed E-state index contributed by atoms with van der Waals surface area (Å²) in [5, 5.41) is 2.63. The Labute approximate surface area is 107 Å². The molecule has 0 spiro atoms. The number of halogens is 1. The smallest absolute Gasteiger partial charge is 0.257 e. The van der Waals surface area contributed by atoms with Crippen LogP contribution in [-0.2, 0) is 0 Å². The van der Waals surface area contributed by atoms with Crippen LogP contribution in [0.2, 0.25) is 0 Å². The summed E-state index contributed by atoms with van der Waals surface area (Å²) in [4.78, 5) is 17.8. The van der Waals surface area contributed by atoms with Gasteiger partial charge in [-0.3, -0.25) is 4.79 Å². The Hall–Kier alpha value is -1.65. The molecule has 1 N–H and O–H groups in total. The fraction of sp³-hybridized carbons (Fsp3) is 0.538. The molecule has 1 aromatic heterocycles. The second kappa shape index (κ2) is 6.33. The van der Waals surface area contributed by atoms with Crippen LogP contribution in [0.5, 0.6) is 0 Å². The van der Waals surface area contributed by atoms with E-state index in [1.54, 1.807) is 11.9 Å². The van der Waals surface area contributed by atoms with E-state index in [1.165, 1.54) is 12.3 Å². The molecule has 0 aliphatic rings. The topological polar surface area (TPSA) is 45.2 Å². The van der Waals surface area contributed by atoms with Crippen molar-refractivity contribution in [3.05, 3.63) is 23.6 Å². The quantitative estimate of drug-likeness (QED) is 0.877. The maximum absolute atomic E-state index is 14.0. The number of carbonyl (C=O) groups is 1. The second-order valence-corrected chi connectivity index (χ2v) is 4.36. The van der Waals surface area contributed by atoms with Crippen LogP contribution >= 0.6 is 0 Å². The molecule has 1 aromatic rings. The highest BCUT2D eigenvalue weighted by Crippen LogP contribution is 2.17. The number of carbonyl (C=O) groups excluding carboxylic acids is 1. The zero-order chi connectivity index (χ0) is 13.7. The van der Waals surface area contributed by atoms with Crippen LogP contribution in [0, 0.1) is 5.82 Å². The van der Waals surface area contributed by atoms with E-state index in [9.17, 15) is 9.18 Å². The van der Waals surface area contributed by atoms with Crippen LogP contribution in [0.3, 0.4) is 0 Å². The first-order valence-electron chi connectivity index (χ1n) is 6.16. The highest BCUT2D eigenvalue weighted by atomic mass is 19.1. The van der Waals surface area contributed by atoms with Crippen LogP contribution < -0.4 is 5.32 Å². The largest absolute Gasteiger partial charge is 0.371 e. The van der Waals surface area contributed by atoms with E-state index in [-0.39, 0.29) is 23.3 Å². The van der Waals surface area contributed by atoms with E-state index in [4.69, 9.17) is 0 Å². The molecule has 5 heteroatoms. The lowest BCUT2D eigenvalue weighted by Gasteiger charge is -2.26. The van der Waals surface area contributed by atoms with Gasteiger partial charge in [0.15, 0.2) is 11.6 Å². The van der Waals surface area contributed by atoms with Crippen LogP contribution in [-0.4, -0.2) is 35.4 Å². The van der Waals surface area contributed by atoms with Crippen molar-refractivity contribution in [3.8, 4) is 0 Å². The van der Waals surface area contributed by atoms with E-state index in [0.29, 0.717) is 6.54 Å². The molecule has 100 valence electrons. The fourth-order valence-electron chi connectivity index (χ4n) is 1.77. The molecule has 0 saturated heterocycles. The highest BCUT2D eigenvalue weighted by Gasteiger charge is 2.22. The van der Waals surface area contributed by atoms with Gasteiger partial charge in [0.1, 0.15) is 0 Å². The first-order chi connectivity index (χ1) is 8.52. The standard InChI is InChI=1S/C13H20FN3O/c1-5-8-17(9(2)3)13(18)10-6-7-16-12(15-4)11(10)14/h6-7,9H,5,8H2,1-4H3,(H,15,16). The van der Waals surface area contributed by atoms with Gasteiger partial charge in [-0.05, 0) is 26.3 Å². The van der Waals surface area contributed by atoms with E-state index in [2.05, 4.69) is 10.3 Å². The van der Waals surface area contributed by atoms with E-state index < -0.39 is 5.82 Å². The Kier molecular flexibility index (Phi) is 5.07. The molecule has 0 radical (unpaired) electrons. The first kappa shape index (κ1) is 14.4. The normalized spacial score (nSPS) is 10.6. The number of pyridine rings is 1. The Morgan fingerprint density at radius 2 is 2.22 bits per heavy atom. The molecule has 0 aliphatic carbocycles. The predicted octanol–water partition coefficient (Wildman–Crippen LogP) is 2.52. The minimum atomic E-state index is -0.591. The van der Waals surface area contributed by atoms with Crippen LogP contribution in [0.4, 0.5) is 10.2 Å². The summed E-state index contributed by atoms with van der Waals surface area (Å²) in [6.45, 7) is 6.45. The predicted molar refractivity (Wildman–Crippen MR) is 70.2 cm³/mol. The number of aromatic nitrogens is 1. The molecule has 18 heavy (non-hydrogen) atoms. The molecule has 1 rings (SSSR count). The van der Waals surface area contributed by atoms with Gasteiger partial charge in [-0.15, -0.1) is 0 Å². The van der Waals surface area contributed by atoms with Crippen molar-refractivity contribution in [1.82, 2.24) is 9.88 Å². The summed E-state index contributed by atoms with van der Waals surface area (Å²) in [6.07, 6.45) is 2.28. The molecule has 0 unspecified atom stereocenters. The summed E-state index contributed by atoms with van der Waals surface area (Å²) in [5.41, 5.74) is 0.0662. The van der Waals surface area contributed by atoms with Crippen molar-refractivity contribution in [2.24, 2.45) is 0 Å². The monoisotopic (exact) mass is 253 g/mol. The SMILES string of the molecule is CCCN(C(=O)c1ccnc(NC)c1F)C(C)C. The minimum absolute atomic E-state index is 0.0445. The van der Waals surface area contributed by atoms with Gasteiger partial charge in [0.05, 0.1) is 5.56 Å². The Morgan fingerprint density at radius 1 is 1.56 bits per heavy atom. The molecule has 0 fully saturated rings. The van der Waals surface area contributed by atoms with Crippen molar-refractivity contribution in [2.75, 3.05) is 18.9 Å². The number of hydrogen-bond donors (Lipinski definition) is 1. The van der Waals surface area contributed by atoms with Gasteiger partial charge in [0.25, 0.3) is 5.91 Å². The number of nitrogens with zero attached hydrogens (tertiary/aromatic N) is 2. The maximum atomic E-state index is 14.0. The lowest BCUT2D eigenvalue weighted by Crippen LogP contribution is -2.38. The summed E-state index contributed by atoms with van der Waals surface area (Å²) in [5.74, 6) is -0.781. The van der Waals surface area contributed by atoms with Crippen molar-refractivity contribution < 1.29 is 9.18 Å². The first-order valence-corrected chi connectivity index (χ1v) is 6.16. The molecule has 0 saturated carbocycles. The molecule has 0 aromatic carbocycles. The third kappa shape index (κ3) is 2.97. The molecular weight excluding hydrogens is 233 g/mol. The zero-order valence-corrected chi connectivity index (χ0v) is 11.3. The van der Waals surface area contributed by atoms with Crippen LogP contribution in [0.15, 0.2) is 12.3 Å². The second-order valence-electron chi connectivity index (χ2n) is 4.36. The van der Waals surface area contributed by atoms with Gasteiger partial charge in [-0.25, -0.2) is 9.37 Å². The lowest BCUT2D eigenvalue weighted by molar-refractivity contribution is 0.0701. The Balaban J connectivity index is 3.09. The summed E-state index contributed by atoms with van der Waals surface area (Å²) in [6, 6.07) is 1.46. The average molecular weight is 253 g/mol. The van der Waals surface area contributed by atoms with E-state index >= 15 is 0 Å². The van der Waals surface area contributed by atoms with Crippen LogP contribution in [0.25, 0.3) is 0 Å². The van der Waals surface area contributed by atoms with Crippen LogP contribution in [0.1, 0.15) is 37.6 Å². The van der Waals surface area contributed by atoms with Crippen molar-refractivity contribution in [2.45, 2.75) is 33.2 Å². The highest BCUT2D eigenvalue weighted by molar-refractivity contribution is 5.95. The minimum Gasteiger partial charge on any atom is -0.371 e. The number of nitrogens with one attached hydrogen (secondary N) is 1. The summed E-state index contributed by atoms with van der Waals surface area (Å²) in [7, 11) is 1.58. The molecule has 0 aliphatic heterocycles. The molecule has 0 atom stereocenters. The molecule has 1 amide bonds. The molecular formula is C13H20FN3O. The summed E-state index contributed by atoms with van der Waals surface area (Å²) >= 11 is 0. The van der Waals surface area contributed by atoms with Gasteiger partial charge in [-0.2, -0.15) is 0 Å². The Bertz CT molecular complexity index is 421. The van der Waals surface area contributed by atoms with Crippen molar-refractivity contribution in [3.63, 3.8) is 0 Å². The Morgan fingerprint density at radius 3 is 2.72 bits per heavy atom. The van der Waals surface area contributed by atoms with Crippen molar-refractivity contribution >= 4 is 11.7 Å². The number of hydrogen-bond acceptors (Lipinski definition) is 3. The lowest BCUT2D eigenvalue weighted by atomic mass is 10.1. The van der Waals surface area contributed by atoms with Gasteiger partial charge in [0.2, 0.25) is 0 Å². The third-order valence-corrected chi connectivity index (χ3v) is 2.71. The fourth-order valence-corrected chi connectivity index (χ4v) is 1.77. The molecule has 4 nitrogen and oxygen atoms in total. The maximum Gasteiger partial charge on any atom is 0.257 e. The van der Waals surface area contributed by atoms with E-state index in [1.807, 2.05) is 20.8 Å². The number of rotatable bonds is 5. The average Bonchev–Trinajstić information content (AvgIpc) is 2.35. The number of anilines is 1. The van der Waals surface area contributed by atoms with Gasteiger partial charge in [-0.1, -0.05) is 6.92 Å². The molecule has 0 bridgehead atoms. The van der Waals surface area contributed by atoms with E-state index in [0.717, 1.165) is 6.42 Å². The summed E-state index contributed by atoms with van der Waals surface area (Å²) < 4.78 is 14.0.